The van der Waals surface area contributed by atoms with E-state index in [1.54, 1.807) is 0 Å². The molecule has 1 atom stereocenters. The van der Waals surface area contributed by atoms with Gasteiger partial charge in [0.1, 0.15) is 0 Å². The number of carbonyl (C=O) groups is 2. The number of rotatable bonds is 4. The number of hydrogen-bond donors (Lipinski definition) is 1. The van der Waals surface area contributed by atoms with Crippen LogP contribution in [0.5, 0.6) is 0 Å². The van der Waals surface area contributed by atoms with E-state index in [-0.39, 0.29) is 17.9 Å². The topological polar surface area (TPSA) is 64.1 Å². The molecular formula is C15H27N3O3. The van der Waals surface area contributed by atoms with Crippen molar-refractivity contribution in [2.24, 2.45) is 0 Å². The van der Waals surface area contributed by atoms with Crippen molar-refractivity contribution in [3.63, 3.8) is 0 Å². The van der Waals surface area contributed by atoms with Crippen LogP contribution < -0.4 is 0 Å². The Morgan fingerprint density at radius 2 is 2.05 bits per heavy atom. The van der Waals surface area contributed by atoms with Gasteiger partial charge in [-0.15, -0.1) is 0 Å². The zero-order valence-corrected chi connectivity index (χ0v) is 13.2. The maximum absolute atomic E-state index is 12.1. The minimum absolute atomic E-state index is 0.0241. The van der Waals surface area contributed by atoms with Gasteiger partial charge in [-0.3, -0.25) is 19.4 Å². The fourth-order valence-electron chi connectivity index (χ4n) is 3.55. The summed E-state index contributed by atoms with van der Waals surface area (Å²) in [6.45, 7) is 6.96. The maximum atomic E-state index is 12.1. The number of carbonyl (C=O) groups excluding carboxylic acids is 1. The zero-order chi connectivity index (χ0) is 15.5. The minimum atomic E-state index is -0.740. The molecular weight excluding hydrogens is 270 g/mol. The van der Waals surface area contributed by atoms with E-state index in [0.717, 1.165) is 45.6 Å². The first-order valence-electron chi connectivity index (χ1n) is 7.90. The molecule has 2 rings (SSSR count). The summed E-state index contributed by atoms with van der Waals surface area (Å²) >= 11 is 0. The summed E-state index contributed by atoms with van der Waals surface area (Å²) in [5, 5.41) is 8.86. The van der Waals surface area contributed by atoms with Gasteiger partial charge in [0.15, 0.2) is 0 Å². The standard InChI is InChI=1S/C15H27N3O3/c1-3-18-9-7-15(6-4-13(18)19)12-17(8-5-14(20)21)11-10-16(15)2/h3-12H2,1-2H3,(H,20,21)/t15-/m1/s1. The van der Waals surface area contributed by atoms with Crippen LogP contribution in [-0.4, -0.2) is 83.5 Å². The van der Waals surface area contributed by atoms with Crippen molar-refractivity contribution in [1.29, 1.82) is 0 Å². The largest absolute Gasteiger partial charge is 0.481 e. The highest BCUT2D eigenvalue weighted by Crippen LogP contribution is 2.32. The lowest BCUT2D eigenvalue weighted by atomic mass is 9.86. The van der Waals surface area contributed by atoms with Gasteiger partial charge in [-0.2, -0.15) is 0 Å². The number of nitrogens with zero attached hydrogens (tertiary/aromatic N) is 3. The summed E-state index contributed by atoms with van der Waals surface area (Å²) in [6, 6.07) is 0. The molecule has 6 heteroatoms. The molecule has 0 unspecified atom stereocenters. The summed E-state index contributed by atoms with van der Waals surface area (Å²) in [5.41, 5.74) is 0.0241. The second-order valence-corrected chi connectivity index (χ2v) is 6.29. The number of carboxylic acid groups (broad SMARTS) is 1. The Kier molecular flexibility index (Phi) is 5.22. The summed E-state index contributed by atoms with van der Waals surface area (Å²) in [4.78, 5) is 29.4. The fourth-order valence-corrected chi connectivity index (χ4v) is 3.55. The summed E-state index contributed by atoms with van der Waals surface area (Å²) in [7, 11) is 2.14. The molecule has 0 aromatic carbocycles. The minimum Gasteiger partial charge on any atom is -0.481 e. The molecule has 2 aliphatic rings. The maximum Gasteiger partial charge on any atom is 0.304 e. The predicted molar refractivity (Wildman–Crippen MR) is 80.2 cm³/mol. The lowest BCUT2D eigenvalue weighted by Gasteiger charge is -2.49. The third-order valence-corrected chi connectivity index (χ3v) is 5.11. The van der Waals surface area contributed by atoms with E-state index in [0.29, 0.717) is 13.0 Å². The Hall–Kier alpha value is -1.14. The Labute approximate surface area is 126 Å². The quantitative estimate of drug-likeness (QED) is 0.818. The molecule has 21 heavy (non-hydrogen) atoms. The van der Waals surface area contributed by atoms with Crippen molar-refractivity contribution < 1.29 is 14.7 Å². The van der Waals surface area contributed by atoms with Crippen LogP contribution in [0.2, 0.25) is 0 Å². The lowest BCUT2D eigenvalue weighted by molar-refractivity contribution is -0.137. The van der Waals surface area contributed by atoms with Crippen LogP contribution in [0.15, 0.2) is 0 Å². The number of carboxylic acids is 1. The average molecular weight is 297 g/mol. The van der Waals surface area contributed by atoms with Crippen LogP contribution in [-0.2, 0) is 9.59 Å². The van der Waals surface area contributed by atoms with Crippen molar-refractivity contribution in [1.82, 2.24) is 14.7 Å². The van der Waals surface area contributed by atoms with E-state index >= 15 is 0 Å². The molecule has 120 valence electrons. The molecule has 0 bridgehead atoms. The molecule has 0 radical (unpaired) electrons. The second kappa shape index (κ2) is 6.75. The van der Waals surface area contributed by atoms with Crippen LogP contribution in [0.4, 0.5) is 0 Å². The average Bonchev–Trinajstić information content (AvgIpc) is 2.61. The second-order valence-electron chi connectivity index (χ2n) is 6.29. The molecule has 0 saturated carbocycles. The summed E-state index contributed by atoms with van der Waals surface area (Å²) < 4.78 is 0. The number of piperazine rings is 1. The Balaban J connectivity index is 2.04. The smallest absolute Gasteiger partial charge is 0.304 e. The van der Waals surface area contributed by atoms with Crippen LogP contribution in [0.3, 0.4) is 0 Å². The van der Waals surface area contributed by atoms with Crippen LogP contribution in [0.1, 0.15) is 32.6 Å². The van der Waals surface area contributed by atoms with Gasteiger partial charge in [-0.25, -0.2) is 0 Å². The number of hydrogen-bond acceptors (Lipinski definition) is 4. The van der Waals surface area contributed by atoms with E-state index in [1.165, 1.54) is 0 Å². The molecule has 2 aliphatic heterocycles. The number of aliphatic carboxylic acids is 1. The molecule has 2 fully saturated rings. The first-order chi connectivity index (χ1) is 9.97. The number of likely N-dealkylation sites (tertiary alicyclic amines) is 1. The van der Waals surface area contributed by atoms with E-state index < -0.39 is 5.97 Å². The molecule has 1 amide bonds. The van der Waals surface area contributed by atoms with Crippen LogP contribution >= 0.6 is 0 Å². The molecule has 1 N–H and O–H groups in total. The third-order valence-electron chi connectivity index (χ3n) is 5.11. The lowest BCUT2D eigenvalue weighted by Crippen LogP contribution is -2.61. The number of likely N-dealkylation sites (N-methyl/N-ethyl adjacent to an activating group) is 1. The zero-order valence-electron chi connectivity index (χ0n) is 13.2. The first kappa shape index (κ1) is 16.2. The Morgan fingerprint density at radius 3 is 2.71 bits per heavy atom. The van der Waals surface area contributed by atoms with E-state index in [9.17, 15) is 9.59 Å². The van der Waals surface area contributed by atoms with Crippen LogP contribution in [0, 0.1) is 0 Å². The molecule has 0 aromatic rings. The van der Waals surface area contributed by atoms with Gasteiger partial charge in [0.25, 0.3) is 0 Å². The molecule has 2 saturated heterocycles. The number of amides is 1. The highest BCUT2D eigenvalue weighted by Gasteiger charge is 2.41. The molecule has 1 spiro atoms. The molecule has 0 aliphatic carbocycles. The molecule has 6 nitrogen and oxygen atoms in total. The Bertz CT molecular complexity index is 402. The monoisotopic (exact) mass is 297 g/mol. The highest BCUT2D eigenvalue weighted by atomic mass is 16.4. The van der Waals surface area contributed by atoms with Gasteiger partial charge in [-0.05, 0) is 26.8 Å². The molecule has 2 heterocycles. The van der Waals surface area contributed by atoms with Crippen molar-refractivity contribution in [2.45, 2.75) is 38.1 Å². The van der Waals surface area contributed by atoms with Gasteiger partial charge in [0.2, 0.25) is 5.91 Å². The fraction of sp³-hybridized carbons (Fsp3) is 0.867. The summed E-state index contributed by atoms with van der Waals surface area (Å²) in [6.07, 6.45) is 2.65. The van der Waals surface area contributed by atoms with Gasteiger partial charge in [-0.1, -0.05) is 0 Å². The Morgan fingerprint density at radius 1 is 1.29 bits per heavy atom. The van der Waals surface area contributed by atoms with E-state index in [1.807, 2.05) is 11.8 Å². The van der Waals surface area contributed by atoms with Gasteiger partial charge < -0.3 is 10.0 Å². The van der Waals surface area contributed by atoms with E-state index in [2.05, 4.69) is 16.8 Å². The van der Waals surface area contributed by atoms with Gasteiger partial charge >= 0.3 is 5.97 Å². The predicted octanol–water partition coefficient (Wildman–Crippen LogP) is 0.480. The van der Waals surface area contributed by atoms with Crippen LogP contribution in [0.25, 0.3) is 0 Å². The van der Waals surface area contributed by atoms with Crippen molar-refractivity contribution in [3.8, 4) is 0 Å². The van der Waals surface area contributed by atoms with Crippen molar-refractivity contribution in [3.05, 3.63) is 0 Å². The normalized spacial score (nSPS) is 28.9. The van der Waals surface area contributed by atoms with Gasteiger partial charge in [0.05, 0.1) is 6.42 Å². The summed E-state index contributed by atoms with van der Waals surface area (Å²) in [5.74, 6) is -0.485. The van der Waals surface area contributed by atoms with Crippen molar-refractivity contribution in [2.75, 3.05) is 46.3 Å². The van der Waals surface area contributed by atoms with Crippen molar-refractivity contribution >= 4 is 11.9 Å². The highest BCUT2D eigenvalue weighted by molar-refractivity contribution is 5.76. The first-order valence-corrected chi connectivity index (χ1v) is 7.90. The van der Waals surface area contributed by atoms with E-state index in [4.69, 9.17) is 5.11 Å². The molecule has 0 aromatic heterocycles. The van der Waals surface area contributed by atoms with Gasteiger partial charge in [0, 0.05) is 51.2 Å². The SMILES string of the molecule is CCN1CC[C@]2(CCC1=O)CN(CCC(=O)O)CCN2C. The third kappa shape index (κ3) is 3.74.